The Labute approximate surface area is 371 Å². The van der Waals surface area contributed by atoms with Crippen LogP contribution in [0.1, 0.15) is 205 Å². The minimum atomic E-state index is -0.113. The van der Waals surface area contributed by atoms with Crippen LogP contribution in [0.2, 0.25) is 0 Å². The van der Waals surface area contributed by atoms with Crippen molar-refractivity contribution < 1.29 is 10.2 Å². The van der Waals surface area contributed by atoms with Crippen molar-refractivity contribution in [1.82, 2.24) is 0 Å². The summed E-state index contributed by atoms with van der Waals surface area (Å²) >= 11 is 0. The van der Waals surface area contributed by atoms with Gasteiger partial charge in [0.2, 0.25) is 0 Å². The van der Waals surface area contributed by atoms with Gasteiger partial charge in [0.05, 0.1) is 12.2 Å². The van der Waals surface area contributed by atoms with Crippen LogP contribution in [0.5, 0.6) is 0 Å². The van der Waals surface area contributed by atoms with E-state index in [2.05, 4.69) is 113 Å². The second-order valence-electron chi connectivity index (χ2n) is 24.5. The molecule has 0 heterocycles. The molecule has 6 saturated carbocycles. The highest BCUT2D eigenvalue weighted by atomic mass is 16.3. The summed E-state index contributed by atoms with van der Waals surface area (Å²) in [6, 6.07) is 0. The molecule has 60 heavy (non-hydrogen) atoms. The predicted molar refractivity (Wildman–Crippen MR) is 256 cm³/mol. The number of fused-ring (bicyclic) bond motifs is 10. The number of aliphatic hydroxyl groups excluding tert-OH is 2. The average molecular weight is 823 g/mol. The Morgan fingerprint density at radius 1 is 0.600 bits per heavy atom. The highest BCUT2D eigenvalue weighted by Gasteiger charge is 2.59. The van der Waals surface area contributed by atoms with Gasteiger partial charge in [0.1, 0.15) is 0 Å². The van der Waals surface area contributed by atoms with E-state index in [9.17, 15) is 10.2 Å². The largest absolute Gasteiger partial charge is 0.393 e. The van der Waals surface area contributed by atoms with E-state index in [1.807, 2.05) is 5.57 Å². The molecule has 0 bridgehead atoms. The van der Waals surface area contributed by atoms with Gasteiger partial charge in [-0.2, -0.15) is 0 Å². The number of hydrogen-bond donors (Lipinski definition) is 2. The van der Waals surface area contributed by atoms with E-state index in [-0.39, 0.29) is 12.2 Å². The zero-order chi connectivity index (χ0) is 43.4. The maximum absolute atomic E-state index is 10.3. The predicted octanol–water partition coefficient (Wildman–Crippen LogP) is 15.8. The molecule has 15 unspecified atom stereocenters. The molecule has 0 saturated heterocycles. The van der Waals surface area contributed by atoms with Gasteiger partial charge in [-0.1, -0.05) is 127 Å². The minimum absolute atomic E-state index is 0.0449. The van der Waals surface area contributed by atoms with Crippen molar-refractivity contribution in [3.8, 4) is 0 Å². The van der Waals surface area contributed by atoms with Gasteiger partial charge >= 0.3 is 0 Å². The van der Waals surface area contributed by atoms with E-state index in [4.69, 9.17) is 0 Å². The average Bonchev–Trinajstić information content (AvgIpc) is 3.75. The van der Waals surface area contributed by atoms with Crippen molar-refractivity contribution in [3.05, 3.63) is 58.2 Å². The molecular weight excluding hydrogens is 729 g/mol. The summed E-state index contributed by atoms with van der Waals surface area (Å²) in [5.74, 6) is 8.67. The normalized spacial score (nSPS) is 43.5. The van der Waals surface area contributed by atoms with Gasteiger partial charge in [-0.25, -0.2) is 0 Å². The fourth-order valence-corrected chi connectivity index (χ4v) is 17.1. The molecule has 338 valence electrons. The molecule has 6 fully saturated rings. The number of allylic oxidation sites excluding steroid dienone is 9. The second kappa shape index (κ2) is 18.2. The van der Waals surface area contributed by atoms with Crippen molar-refractivity contribution in [2.24, 2.45) is 86.8 Å². The smallest absolute Gasteiger partial charge is 0.0578 e. The van der Waals surface area contributed by atoms with Gasteiger partial charge < -0.3 is 10.2 Å². The Morgan fingerprint density at radius 3 is 1.65 bits per heavy atom. The van der Waals surface area contributed by atoms with Crippen LogP contribution >= 0.6 is 0 Å². The van der Waals surface area contributed by atoms with E-state index in [1.165, 1.54) is 102 Å². The molecule has 2 heteroatoms. The van der Waals surface area contributed by atoms with E-state index in [0.717, 1.165) is 73.0 Å². The van der Waals surface area contributed by atoms with Gasteiger partial charge in [0.25, 0.3) is 0 Å². The lowest BCUT2D eigenvalue weighted by atomic mass is 9.47. The van der Waals surface area contributed by atoms with Crippen LogP contribution in [-0.2, 0) is 0 Å². The van der Waals surface area contributed by atoms with E-state index in [1.54, 1.807) is 16.7 Å². The summed E-state index contributed by atoms with van der Waals surface area (Å²) in [6.45, 7) is 29.4. The molecule has 0 spiro atoms. The third-order valence-corrected chi connectivity index (χ3v) is 21.1. The summed E-state index contributed by atoms with van der Waals surface area (Å²) in [7, 11) is 0. The van der Waals surface area contributed by atoms with Crippen LogP contribution in [0, 0.1) is 86.8 Å². The lowest BCUT2D eigenvalue weighted by Crippen LogP contribution is -2.49. The highest BCUT2D eigenvalue weighted by molar-refractivity contribution is 5.39. The van der Waals surface area contributed by atoms with Crippen molar-refractivity contribution in [1.29, 1.82) is 0 Å². The summed E-state index contributed by atoms with van der Waals surface area (Å²) in [5, 5.41) is 20.5. The standard InChI is InChI=1S/C29H48O.C29H46O/c2*1-7-21(19(2)3)9-8-20(4)25-12-13-26-24-11-10-22-18-23(30)14-16-28(22,5)27(24)15-17-29(25,26)6/h7,11,19-20,22-23,25-27,30H,8-10,12-18H2,1-6H3;7,10-11,19-20,23,25-27,30H,8-9,12-18H2,1-6H3/b2*21-7-. The van der Waals surface area contributed by atoms with Crippen molar-refractivity contribution in [3.63, 3.8) is 0 Å². The highest BCUT2D eigenvalue weighted by Crippen LogP contribution is 2.68. The Bertz CT molecular complexity index is 1670. The minimum Gasteiger partial charge on any atom is -0.393 e. The van der Waals surface area contributed by atoms with Crippen molar-refractivity contribution in [2.75, 3.05) is 0 Å². The molecule has 0 radical (unpaired) electrons. The van der Waals surface area contributed by atoms with Crippen LogP contribution in [0.4, 0.5) is 0 Å². The van der Waals surface area contributed by atoms with Crippen LogP contribution in [-0.4, -0.2) is 22.4 Å². The first-order valence-corrected chi connectivity index (χ1v) is 26.2. The molecule has 0 aromatic rings. The van der Waals surface area contributed by atoms with Crippen LogP contribution < -0.4 is 0 Å². The first-order chi connectivity index (χ1) is 28.4. The molecule has 0 aromatic heterocycles. The summed E-state index contributed by atoms with van der Waals surface area (Å²) in [5.41, 5.74) is 10.3. The molecule has 0 amide bonds. The lowest BCUT2D eigenvalue weighted by Gasteiger charge is -2.57. The molecule has 0 aliphatic heterocycles. The molecular formula is C58H94O2. The fourth-order valence-electron chi connectivity index (χ4n) is 17.1. The van der Waals surface area contributed by atoms with Gasteiger partial charge in [0, 0.05) is 0 Å². The monoisotopic (exact) mass is 823 g/mol. The number of hydrogen-bond acceptors (Lipinski definition) is 2. The molecule has 8 aliphatic carbocycles. The fraction of sp³-hybridized carbons (Fsp3) is 0.828. The Kier molecular flexibility index (Phi) is 14.2. The summed E-state index contributed by atoms with van der Waals surface area (Å²) in [6.07, 6.45) is 36.4. The van der Waals surface area contributed by atoms with E-state index >= 15 is 0 Å². The first kappa shape index (κ1) is 46.6. The number of aliphatic hydroxyl groups is 2. The summed E-state index contributed by atoms with van der Waals surface area (Å²) in [4.78, 5) is 0. The van der Waals surface area contributed by atoms with Gasteiger partial charge in [-0.05, 0) is 223 Å². The summed E-state index contributed by atoms with van der Waals surface area (Å²) < 4.78 is 0. The maximum Gasteiger partial charge on any atom is 0.0578 e. The van der Waals surface area contributed by atoms with Gasteiger partial charge in [-0.15, -0.1) is 0 Å². The molecule has 2 N–H and O–H groups in total. The van der Waals surface area contributed by atoms with Crippen molar-refractivity contribution >= 4 is 0 Å². The number of rotatable bonds is 10. The first-order valence-electron chi connectivity index (χ1n) is 26.2. The van der Waals surface area contributed by atoms with Crippen LogP contribution in [0.25, 0.3) is 0 Å². The molecule has 8 aliphatic rings. The quantitative estimate of drug-likeness (QED) is 0.216. The van der Waals surface area contributed by atoms with Crippen LogP contribution in [0.15, 0.2) is 58.2 Å². The van der Waals surface area contributed by atoms with Crippen LogP contribution in [0.3, 0.4) is 0 Å². The SMILES string of the molecule is C/C=C(/CCC(C)C1CCC2C3=CC=C4CC(O)CCC4(C)C3CCC21C)C(C)C.C/C=C(/CCC(C)C1CCC2C3=CCC4CC(O)CCC4(C)C3CCC21C)C(C)C. The maximum atomic E-state index is 10.3. The second-order valence-corrected chi connectivity index (χ2v) is 24.5. The molecule has 2 nitrogen and oxygen atoms in total. The zero-order valence-electron chi connectivity index (χ0n) is 41.2. The van der Waals surface area contributed by atoms with E-state index < -0.39 is 0 Å². The molecule has 0 aromatic carbocycles. The van der Waals surface area contributed by atoms with Gasteiger partial charge in [-0.3, -0.25) is 0 Å². The lowest BCUT2D eigenvalue weighted by molar-refractivity contribution is -0.0427. The molecule has 15 atom stereocenters. The third-order valence-electron chi connectivity index (χ3n) is 21.1. The van der Waals surface area contributed by atoms with Crippen molar-refractivity contribution in [2.45, 2.75) is 217 Å². The Morgan fingerprint density at radius 2 is 1.10 bits per heavy atom. The zero-order valence-corrected chi connectivity index (χ0v) is 41.2. The Hall–Kier alpha value is -1.38. The van der Waals surface area contributed by atoms with E-state index in [0.29, 0.717) is 39.4 Å². The Balaban J connectivity index is 0.000000181. The van der Waals surface area contributed by atoms with Gasteiger partial charge in [0.15, 0.2) is 0 Å². The third kappa shape index (κ3) is 8.37. The topological polar surface area (TPSA) is 40.5 Å². The molecule has 8 rings (SSSR count).